The second-order valence-corrected chi connectivity index (χ2v) is 8.04. The Bertz CT molecular complexity index is 1240. The summed E-state index contributed by atoms with van der Waals surface area (Å²) in [6, 6.07) is 20.9. The normalized spacial score (nSPS) is 15.6. The number of hydrogen-bond acceptors (Lipinski definition) is 6. The van der Waals surface area contributed by atoms with Crippen molar-refractivity contribution in [2.75, 3.05) is 7.11 Å². The summed E-state index contributed by atoms with van der Waals surface area (Å²) in [6.45, 7) is 0. The van der Waals surface area contributed by atoms with Crippen LogP contribution in [0.2, 0.25) is 5.02 Å². The van der Waals surface area contributed by atoms with E-state index in [-0.39, 0.29) is 11.7 Å². The number of amides is 1. The van der Waals surface area contributed by atoms with E-state index in [1.54, 1.807) is 60.7 Å². The van der Waals surface area contributed by atoms with Crippen LogP contribution in [0.1, 0.15) is 15.9 Å². The predicted octanol–water partition coefficient (Wildman–Crippen LogP) is 5.46. The standard InChI is InChI=1S/C24H17ClN2O4S/c1-30-20-13-15(11-12-19(20)31-23(29)16-7-3-2-4-8-16)14-21-22(28)27-24(32-21)26-18-10-6-5-9-17(18)25/h2-14H,1H3,(H,26,27,28)/b21-14-. The van der Waals surface area contributed by atoms with Gasteiger partial charge in [-0.05, 0) is 59.8 Å². The quantitative estimate of drug-likeness (QED) is 0.308. The first-order chi connectivity index (χ1) is 15.5. The Hall–Kier alpha value is -3.55. The van der Waals surface area contributed by atoms with E-state index in [9.17, 15) is 9.59 Å². The number of thioether (sulfide) groups is 1. The number of methoxy groups -OCH3 is 1. The van der Waals surface area contributed by atoms with Gasteiger partial charge in [0.2, 0.25) is 0 Å². The molecule has 8 heteroatoms. The summed E-state index contributed by atoms with van der Waals surface area (Å²) in [7, 11) is 1.48. The van der Waals surface area contributed by atoms with Gasteiger partial charge >= 0.3 is 5.97 Å². The monoisotopic (exact) mass is 464 g/mol. The minimum Gasteiger partial charge on any atom is -0.493 e. The Morgan fingerprint density at radius 2 is 1.78 bits per heavy atom. The molecule has 160 valence electrons. The highest BCUT2D eigenvalue weighted by atomic mass is 35.5. The number of esters is 1. The third-order valence-electron chi connectivity index (χ3n) is 4.42. The van der Waals surface area contributed by atoms with Gasteiger partial charge in [0.25, 0.3) is 5.91 Å². The van der Waals surface area contributed by atoms with Gasteiger partial charge in [-0.1, -0.05) is 48.0 Å². The van der Waals surface area contributed by atoms with Crippen LogP contribution in [0.3, 0.4) is 0 Å². The molecule has 0 atom stereocenters. The topological polar surface area (TPSA) is 77.0 Å². The SMILES string of the molecule is COc1cc(/C=C2\SC(=Nc3ccccc3Cl)NC2=O)ccc1OC(=O)c1ccccc1. The van der Waals surface area contributed by atoms with Crippen LogP contribution < -0.4 is 14.8 Å². The molecule has 1 N–H and O–H groups in total. The Kier molecular flexibility index (Phi) is 6.58. The van der Waals surface area contributed by atoms with Crippen LogP contribution >= 0.6 is 23.4 Å². The molecule has 1 aliphatic rings. The highest BCUT2D eigenvalue weighted by molar-refractivity contribution is 8.18. The number of nitrogens with one attached hydrogen (secondary N) is 1. The number of carbonyl (C=O) groups is 2. The van der Waals surface area contributed by atoms with Crippen molar-refractivity contribution in [3.05, 3.63) is 93.9 Å². The first-order valence-corrected chi connectivity index (χ1v) is 10.7. The molecule has 4 rings (SSSR count). The maximum Gasteiger partial charge on any atom is 0.343 e. The van der Waals surface area contributed by atoms with E-state index in [1.807, 2.05) is 18.2 Å². The molecule has 0 aliphatic carbocycles. The second kappa shape index (κ2) is 9.72. The minimum atomic E-state index is -0.485. The summed E-state index contributed by atoms with van der Waals surface area (Å²) in [5, 5.41) is 3.67. The van der Waals surface area contributed by atoms with Crippen LogP contribution in [0.25, 0.3) is 6.08 Å². The number of nitrogens with zero attached hydrogens (tertiary/aromatic N) is 1. The first-order valence-electron chi connectivity index (χ1n) is 9.53. The molecule has 0 bridgehead atoms. The lowest BCUT2D eigenvalue weighted by Crippen LogP contribution is -2.19. The number of benzene rings is 3. The molecule has 0 aromatic heterocycles. The molecule has 3 aromatic rings. The summed E-state index contributed by atoms with van der Waals surface area (Å²) in [4.78, 5) is 29.6. The van der Waals surface area contributed by atoms with Gasteiger partial charge in [-0.2, -0.15) is 0 Å². The number of hydrogen-bond donors (Lipinski definition) is 1. The molecule has 0 saturated carbocycles. The number of halogens is 1. The first kappa shape index (κ1) is 21.7. The van der Waals surface area contributed by atoms with Crippen molar-refractivity contribution in [1.82, 2.24) is 5.32 Å². The third-order valence-corrected chi connectivity index (χ3v) is 5.65. The summed E-state index contributed by atoms with van der Waals surface area (Å²) < 4.78 is 10.8. The van der Waals surface area contributed by atoms with Crippen LogP contribution in [-0.4, -0.2) is 24.2 Å². The molecular formula is C24H17ClN2O4S. The molecule has 6 nitrogen and oxygen atoms in total. The molecule has 0 unspecified atom stereocenters. The molecule has 1 saturated heterocycles. The Labute approximate surface area is 193 Å². The molecule has 1 fully saturated rings. The average molecular weight is 465 g/mol. The number of rotatable bonds is 5. The number of ether oxygens (including phenoxy) is 2. The van der Waals surface area contributed by atoms with Crippen molar-refractivity contribution in [2.24, 2.45) is 4.99 Å². The van der Waals surface area contributed by atoms with Crippen molar-refractivity contribution < 1.29 is 19.1 Å². The number of para-hydroxylation sites is 1. The Morgan fingerprint density at radius 1 is 1.03 bits per heavy atom. The summed E-state index contributed by atoms with van der Waals surface area (Å²) in [6.07, 6.45) is 1.71. The number of amidine groups is 1. The molecule has 1 amide bonds. The minimum absolute atomic E-state index is 0.264. The summed E-state index contributed by atoms with van der Waals surface area (Å²) >= 11 is 7.34. The van der Waals surface area contributed by atoms with Gasteiger partial charge in [-0.25, -0.2) is 9.79 Å². The molecule has 1 aliphatic heterocycles. The van der Waals surface area contributed by atoms with E-state index in [1.165, 1.54) is 18.9 Å². The van der Waals surface area contributed by atoms with E-state index in [4.69, 9.17) is 21.1 Å². The van der Waals surface area contributed by atoms with Gasteiger partial charge in [0.05, 0.1) is 28.3 Å². The lowest BCUT2D eigenvalue weighted by Gasteiger charge is -2.10. The number of carbonyl (C=O) groups excluding carboxylic acids is 2. The second-order valence-electron chi connectivity index (χ2n) is 6.60. The van der Waals surface area contributed by atoms with Crippen molar-refractivity contribution in [1.29, 1.82) is 0 Å². The van der Waals surface area contributed by atoms with Crippen molar-refractivity contribution in [3.63, 3.8) is 0 Å². The fraction of sp³-hybridized carbons (Fsp3) is 0.0417. The highest BCUT2D eigenvalue weighted by Crippen LogP contribution is 2.33. The lowest BCUT2D eigenvalue weighted by molar-refractivity contribution is -0.115. The van der Waals surface area contributed by atoms with Crippen LogP contribution in [0.5, 0.6) is 11.5 Å². The molecule has 0 radical (unpaired) electrons. The Morgan fingerprint density at radius 3 is 2.53 bits per heavy atom. The highest BCUT2D eigenvalue weighted by Gasteiger charge is 2.24. The molecular weight excluding hydrogens is 448 g/mol. The van der Waals surface area contributed by atoms with E-state index >= 15 is 0 Å². The van der Waals surface area contributed by atoms with Gasteiger partial charge in [0, 0.05) is 0 Å². The fourth-order valence-corrected chi connectivity index (χ4v) is 3.89. The maximum absolute atomic E-state index is 12.4. The summed E-state index contributed by atoms with van der Waals surface area (Å²) in [5.74, 6) is -0.0921. The smallest absolute Gasteiger partial charge is 0.343 e. The van der Waals surface area contributed by atoms with Crippen molar-refractivity contribution in [2.45, 2.75) is 0 Å². The van der Waals surface area contributed by atoms with Crippen LogP contribution in [-0.2, 0) is 4.79 Å². The molecule has 32 heavy (non-hydrogen) atoms. The Balaban J connectivity index is 1.53. The van der Waals surface area contributed by atoms with Gasteiger partial charge in [0.1, 0.15) is 0 Å². The predicted molar refractivity (Wildman–Crippen MR) is 127 cm³/mol. The molecule has 3 aromatic carbocycles. The zero-order chi connectivity index (χ0) is 22.5. The largest absolute Gasteiger partial charge is 0.493 e. The third kappa shape index (κ3) is 5.01. The fourth-order valence-electron chi connectivity index (χ4n) is 2.88. The van der Waals surface area contributed by atoms with Crippen molar-refractivity contribution >= 4 is 52.2 Å². The van der Waals surface area contributed by atoms with Crippen LogP contribution in [0, 0.1) is 0 Å². The van der Waals surface area contributed by atoms with Crippen LogP contribution in [0.15, 0.2) is 82.7 Å². The van der Waals surface area contributed by atoms with Gasteiger partial charge in [-0.15, -0.1) is 0 Å². The van der Waals surface area contributed by atoms with E-state index < -0.39 is 5.97 Å². The molecule has 0 spiro atoms. The lowest BCUT2D eigenvalue weighted by atomic mass is 10.2. The maximum atomic E-state index is 12.4. The van der Waals surface area contributed by atoms with Gasteiger partial charge < -0.3 is 14.8 Å². The van der Waals surface area contributed by atoms with Crippen molar-refractivity contribution in [3.8, 4) is 11.5 Å². The van der Waals surface area contributed by atoms with Gasteiger partial charge in [0.15, 0.2) is 16.7 Å². The van der Waals surface area contributed by atoms with Gasteiger partial charge in [-0.3, -0.25) is 4.79 Å². The zero-order valence-corrected chi connectivity index (χ0v) is 18.4. The molecule has 1 heterocycles. The number of aliphatic imine (C=N–C) groups is 1. The van der Waals surface area contributed by atoms with E-state index in [0.29, 0.717) is 37.7 Å². The van der Waals surface area contributed by atoms with E-state index in [2.05, 4.69) is 10.3 Å². The van der Waals surface area contributed by atoms with E-state index in [0.717, 1.165) is 0 Å². The van der Waals surface area contributed by atoms with Crippen LogP contribution in [0.4, 0.5) is 5.69 Å². The summed E-state index contributed by atoms with van der Waals surface area (Å²) in [5.41, 5.74) is 1.72. The zero-order valence-electron chi connectivity index (χ0n) is 16.9. The average Bonchev–Trinajstić information content (AvgIpc) is 3.15.